The molecule has 1 aliphatic heterocycles. The van der Waals surface area contributed by atoms with E-state index in [2.05, 4.69) is 29.7 Å². The number of benzene rings is 1. The third kappa shape index (κ3) is 5.98. The van der Waals surface area contributed by atoms with Crippen molar-refractivity contribution < 1.29 is 23.2 Å². The molecule has 0 radical (unpaired) electrons. The molecular formula is C27H37BFN3O4Si. The summed E-state index contributed by atoms with van der Waals surface area (Å²) in [7, 11) is -0.407. The highest BCUT2D eigenvalue weighted by atomic mass is 28.3. The monoisotopic (exact) mass is 525 g/mol. The summed E-state index contributed by atoms with van der Waals surface area (Å²) in [5, 5.41) is 4.57. The summed E-state index contributed by atoms with van der Waals surface area (Å²) in [4.78, 5) is 4.31. The Bertz CT molecular complexity index is 1230. The second-order valence-corrected chi connectivity index (χ2v) is 17.3. The van der Waals surface area contributed by atoms with Crippen LogP contribution in [0.4, 0.5) is 4.39 Å². The van der Waals surface area contributed by atoms with Crippen molar-refractivity contribution in [1.82, 2.24) is 14.8 Å². The largest absolute Gasteiger partial charge is 0.499 e. The fraction of sp³-hybridized carbons (Fsp3) is 0.481. The van der Waals surface area contributed by atoms with Gasteiger partial charge in [-0.1, -0.05) is 25.7 Å². The second-order valence-electron chi connectivity index (χ2n) is 11.6. The first kappa shape index (κ1) is 27.5. The van der Waals surface area contributed by atoms with Crippen molar-refractivity contribution in [2.45, 2.75) is 71.3 Å². The molecule has 0 spiro atoms. The van der Waals surface area contributed by atoms with Crippen molar-refractivity contribution in [3.63, 3.8) is 0 Å². The van der Waals surface area contributed by atoms with Crippen LogP contribution < -0.4 is 10.2 Å². The average molecular weight is 526 g/mol. The van der Waals surface area contributed by atoms with Crippen LogP contribution in [0.15, 0.2) is 42.6 Å². The summed E-state index contributed by atoms with van der Waals surface area (Å²) in [6.07, 6.45) is 1.71. The number of hydrogen-bond donors (Lipinski definition) is 0. The van der Waals surface area contributed by atoms with Crippen molar-refractivity contribution in [3.05, 3.63) is 48.5 Å². The van der Waals surface area contributed by atoms with Gasteiger partial charge < -0.3 is 18.8 Å². The van der Waals surface area contributed by atoms with Gasteiger partial charge in [-0.25, -0.2) is 9.67 Å². The Labute approximate surface area is 220 Å². The third-order valence-electron chi connectivity index (χ3n) is 7.07. The van der Waals surface area contributed by atoms with E-state index >= 15 is 4.39 Å². The lowest BCUT2D eigenvalue weighted by Crippen LogP contribution is -2.41. The smallest absolute Gasteiger partial charge is 0.497 e. The van der Waals surface area contributed by atoms with Gasteiger partial charge in [0, 0.05) is 31.3 Å². The van der Waals surface area contributed by atoms with E-state index in [-0.39, 0.29) is 5.46 Å². The van der Waals surface area contributed by atoms with Crippen molar-refractivity contribution in [3.8, 4) is 28.3 Å². The number of aromatic nitrogens is 3. The van der Waals surface area contributed by atoms with Gasteiger partial charge in [-0.3, -0.25) is 0 Å². The van der Waals surface area contributed by atoms with Crippen molar-refractivity contribution in [2.24, 2.45) is 0 Å². The van der Waals surface area contributed by atoms with Gasteiger partial charge in [-0.15, -0.1) is 0 Å². The summed E-state index contributed by atoms with van der Waals surface area (Å²) >= 11 is 0. The van der Waals surface area contributed by atoms with Crippen LogP contribution >= 0.6 is 0 Å². The predicted molar refractivity (Wildman–Crippen MR) is 147 cm³/mol. The van der Waals surface area contributed by atoms with E-state index in [0.717, 1.165) is 23.1 Å². The molecule has 3 aromatic rings. The van der Waals surface area contributed by atoms with Gasteiger partial charge >= 0.3 is 7.12 Å². The third-order valence-corrected chi connectivity index (χ3v) is 8.78. The zero-order valence-electron chi connectivity index (χ0n) is 23.1. The summed E-state index contributed by atoms with van der Waals surface area (Å²) in [6, 6.07) is 12.2. The Morgan fingerprint density at radius 1 is 1.00 bits per heavy atom. The Hall–Kier alpha value is -2.53. The van der Waals surface area contributed by atoms with Crippen LogP contribution in [0, 0.1) is 5.95 Å². The first-order valence-corrected chi connectivity index (χ1v) is 16.3. The molecule has 0 aliphatic carbocycles. The maximum absolute atomic E-state index is 15.4. The Kier molecular flexibility index (Phi) is 7.67. The van der Waals surface area contributed by atoms with Crippen LogP contribution in [-0.4, -0.2) is 54.9 Å². The summed E-state index contributed by atoms with van der Waals surface area (Å²) in [5.74, 6) is 0.120. The summed E-state index contributed by atoms with van der Waals surface area (Å²) < 4.78 is 40.5. The molecule has 0 bridgehead atoms. The van der Waals surface area contributed by atoms with Crippen LogP contribution in [0.2, 0.25) is 25.7 Å². The molecule has 198 valence electrons. The number of hydrogen-bond acceptors (Lipinski definition) is 6. The van der Waals surface area contributed by atoms with Crippen molar-refractivity contribution in [1.29, 1.82) is 0 Å². The van der Waals surface area contributed by atoms with Gasteiger partial charge in [0.25, 0.3) is 0 Å². The lowest BCUT2D eigenvalue weighted by atomic mass is 9.79. The molecule has 4 rings (SSSR count). The fourth-order valence-corrected chi connectivity index (χ4v) is 4.75. The van der Waals surface area contributed by atoms with Crippen LogP contribution in [0.1, 0.15) is 27.7 Å². The first-order valence-electron chi connectivity index (χ1n) is 12.6. The number of nitrogens with zero attached hydrogens (tertiary/aromatic N) is 3. The second kappa shape index (κ2) is 10.3. The molecule has 0 saturated carbocycles. The van der Waals surface area contributed by atoms with E-state index in [1.54, 1.807) is 30.1 Å². The number of rotatable bonds is 9. The van der Waals surface area contributed by atoms with Crippen LogP contribution in [0.5, 0.6) is 5.75 Å². The molecule has 0 unspecified atom stereocenters. The molecule has 1 fully saturated rings. The van der Waals surface area contributed by atoms with Gasteiger partial charge in [-0.05, 0) is 64.1 Å². The van der Waals surface area contributed by atoms with E-state index in [0.29, 0.717) is 24.6 Å². The number of ether oxygens (including phenoxy) is 2. The molecule has 0 atom stereocenters. The molecule has 37 heavy (non-hydrogen) atoms. The number of methoxy groups -OCH3 is 1. The summed E-state index contributed by atoms with van der Waals surface area (Å²) in [6.45, 7) is 15.7. The zero-order chi connectivity index (χ0) is 27.0. The standard InChI is InChI=1S/C27H37BFN3O4Si/c1-26(2)27(3,4)36-28(35-26)22-13-14-23(31-25(22)29)21-17-30-32(18-34-15-16-37(6,7)8)24(21)19-9-11-20(33-5)12-10-19/h9-14,17H,15-16,18H2,1-8H3. The van der Waals surface area contributed by atoms with Gasteiger partial charge in [-0.2, -0.15) is 9.49 Å². The van der Waals surface area contributed by atoms with Gasteiger partial charge in [0.2, 0.25) is 5.95 Å². The van der Waals surface area contributed by atoms with E-state index in [1.165, 1.54) is 0 Å². The molecule has 1 saturated heterocycles. The highest BCUT2D eigenvalue weighted by Crippen LogP contribution is 2.37. The molecule has 7 nitrogen and oxygen atoms in total. The molecule has 1 aromatic carbocycles. The normalized spacial score (nSPS) is 16.8. The molecule has 10 heteroatoms. The average Bonchev–Trinajstić information content (AvgIpc) is 3.33. The minimum atomic E-state index is -1.21. The first-order chi connectivity index (χ1) is 17.3. The van der Waals surface area contributed by atoms with Crippen LogP contribution in [0.25, 0.3) is 22.5 Å². The molecule has 3 heterocycles. The molecule has 1 aliphatic rings. The van der Waals surface area contributed by atoms with E-state index < -0.39 is 32.3 Å². The summed E-state index contributed by atoms with van der Waals surface area (Å²) in [5.41, 5.74) is 2.01. The van der Waals surface area contributed by atoms with E-state index in [9.17, 15) is 0 Å². The quantitative estimate of drug-likeness (QED) is 0.213. The molecule has 0 amide bonds. The van der Waals surface area contributed by atoms with Crippen molar-refractivity contribution in [2.75, 3.05) is 13.7 Å². The highest BCUT2D eigenvalue weighted by Gasteiger charge is 2.52. The Morgan fingerprint density at radius 2 is 1.65 bits per heavy atom. The van der Waals surface area contributed by atoms with Gasteiger partial charge in [0.15, 0.2) is 0 Å². The highest BCUT2D eigenvalue weighted by molar-refractivity contribution is 6.76. The predicted octanol–water partition coefficient (Wildman–Crippen LogP) is 5.37. The van der Waals surface area contributed by atoms with Crippen molar-refractivity contribution >= 4 is 20.7 Å². The van der Waals surface area contributed by atoms with E-state index in [1.807, 2.05) is 52.0 Å². The maximum atomic E-state index is 15.4. The zero-order valence-corrected chi connectivity index (χ0v) is 24.1. The minimum absolute atomic E-state index is 0.274. The molecular weight excluding hydrogens is 488 g/mol. The Morgan fingerprint density at radius 3 is 2.22 bits per heavy atom. The van der Waals surface area contributed by atoms with Crippen LogP contribution in [-0.2, 0) is 20.8 Å². The lowest BCUT2D eigenvalue weighted by molar-refractivity contribution is 0.00578. The van der Waals surface area contributed by atoms with Gasteiger partial charge in [0.05, 0.1) is 35.9 Å². The number of pyridine rings is 1. The molecule has 2 aromatic heterocycles. The lowest BCUT2D eigenvalue weighted by Gasteiger charge is -2.32. The van der Waals surface area contributed by atoms with Crippen LogP contribution in [0.3, 0.4) is 0 Å². The van der Waals surface area contributed by atoms with E-state index in [4.69, 9.17) is 18.8 Å². The molecule has 0 N–H and O–H groups in total. The van der Waals surface area contributed by atoms with Gasteiger partial charge in [0.1, 0.15) is 12.5 Å². The topological polar surface area (TPSA) is 67.6 Å². The number of halogens is 1. The maximum Gasteiger partial charge on any atom is 0.499 e. The SMILES string of the molecule is COc1ccc(-c2c(-c3ccc(B4OC(C)(C)C(C)(C)O4)c(F)n3)cnn2COCC[Si](C)(C)C)cc1. The fourth-order valence-electron chi connectivity index (χ4n) is 3.99. The Balaban J connectivity index is 1.66. The minimum Gasteiger partial charge on any atom is -0.497 e.